The van der Waals surface area contributed by atoms with E-state index in [9.17, 15) is 43.5 Å². The van der Waals surface area contributed by atoms with E-state index in [-0.39, 0.29) is 89.3 Å². The van der Waals surface area contributed by atoms with Gasteiger partial charge in [0, 0.05) is 90.6 Å². The van der Waals surface area contributed by atoms with Crippen molar-refractivity contribution in [1.82, 2.24) is 78.9 Å². The second-order valence-corrected chi connectivity index (χ2v) is 30.4. The lowest BCUT2D eigenvalue weighted by Gasteiger charge is -2.31. The fourth-order valence-electron chi connectivity index (χ4n) is 13.9. The smallest absolute Gasteiger partial charge is 0.245 e. The Bertz CT molecular complexity index is 4460. The zero-order chi connectivity index (χ0) is 85.5. The van der Waals surface area contributed by atoms with Gasteiger partial charge in [0.05, 0.1) is 26.4 Å². The summed E-state index contributed by atoms with van der Waals surface area (Å²) in [5.41, 5.74) is 20.4. The Labute approximate surface area is 690 Å². The molecule has 0 unspecified atom stereocenters. The average Bonchev–Trinajstić information content (AvgIpc) is 1.78. The van der Waals surface area contributed by atoms with Gasteiger partial charge in [-0.1, -0.05) is 159 Å². The molecular formula is C84H109ClN18O15. The summed E-state index contributed by atoms with van der Waals surface area (Å²) in [5, 5.41) is 49.6. The number of hydrazine groups is 2. The minimum atomic E-state index is -1.84. The molecule has 632 valence electrons. The number of ether oxygens (including phenoxy) is 1. The van der Waals surface area contributed by atoms with E-state index in [4.69, 9.17) is 33.2 Å². The monoisotopic (exact) mass is 1640 g/mol. The minimum absolute atomic E-state index is 0.0260. The van der Waals surface area contributed by atoms with Gasteiger partial charge in [-0.05, 0) is 107 Å². The predicted molar refractivity (Wildman–Crippen MR) is 441 cm³/mol. The van der Waals surface area contributed by atoms with Crippen LogP contribution in [0.2, 0.25) is 5.02 Å². The van der Waals surface area contributed by atoms with E-state index in [1.54, 1.807) is 105 Å². The summed E-state index contributed by atoms with van der Waals surface area (Å²) in [7, 11) is 0. The molecule has 2 heterocycles. The summed E-state index contributed by atoms with van der Waals surface area (Å²) in [6.45, 7) is 10.9. The molecule has 118 heavy (non-hydrogen) atoms. The van der Waals surface area contributed by atoms with Gasteiger partial charge in [0.2, 0.25) is 76.8 Å². The quantitative estimate of drug-likeness (QED) is 0.0110. The number of rotatable bonds is 42. The molecule has 8 rings (SSSR count). The molecule has 33 nitrogen and oxygen atoms in total. The first-order chi connectivity index (χ1) is 56.4. The second-order valence-electron chi connectivity index (χ2n) is 30.0. The lowest BCUT2D eigenvalue weighted by atomic mass is 9.97. The van der Waals surface area contributed by atoms with Gasteiger partial charge in [0.1, 0.15) is 60.4 Å². The lowest BCUT2D eigenvalue weighted by Crippen LogP contribution is -2.62. The first-order valence-corrected chi connectivity index (χ1v) is 39.8. The van der Waals surface area contributed by atoms with Crippen LogP contribution in [0.1, 0.15) is 113 Å². The van der Waals surface area contributed by atoms with Crippen molar-refractivity contribution >= 4 is 105 Å². The summed E-state index contributed by atoms with van der Waals surface area (Å²) in [6.07, 6.45) is -0.141. The highest BCUT2D eigenvalue weighted by molar-refractivity contribution is 6.30. The van der Waals surface area contributed by atoms with Crippen LogP contribution >= 0.6 is 11.6 Å². The summed E-state index contributed by atoms with van der Waals surface area (Å²) >= 11 is 6.30. The van der Waals surface area contributed by atoms with Crippen LogP contribution in [0.5, 0.6) is 0 Å². The summed E-state index contributed by atoms with van der Waals surface area (Å²) in [6, 6.07) is 28.0. The fourth-order valence-corrected chi connectivity index (χ4v) is 14.0. The van der Waals surface area contributed by atoms with Crippen LogP contribution in [-0.2, 0) is 112 Å². The second kappa shape index (κ2) is 45.6. The number of hydrogen-bond donors (Lipinski definition) is 16. The standard InChI is InChI=1S/C84H109ClN18O15/c1-50(2)41-66(75(109)92-65(21-13-35-89-84(87)88)83(117)102-36-14-22-73(102)82(116)90-51(3)74(86)108)93-76(110)68(43-57-25-29-60(30-26-57)48-103(99-53(5)106)100-54(6)107)95-78(112)70(44-56-23-27-59(28-24-56)47-101-37-39-118-40-38-101)97-81(115)72(49-104)98-79(113)67(42-55-15-8-7-9-16-55)94-77(111)69(45-58-31-33-63(85)34-32-58)96-80(114)71(91-52(4)105)46-62-19-12-18-61-17-10-11-20-64(61)62/h7-12,15-20,23-34,50-51,65-73,104H,13-14,21-22,35-49H2,1-6H3,(H2,86,108)(H,90,116)(H,91,105)(H,92,109)(H,93,110)(H,94,111)(H,95,112)(H,96,114)(H,97,115)(H,98,113)(H,99,106)(H,100,107)(H4,87,88,89)/t51-,65+,66+,67-,68-,69-,70+,71-,72+,73+/m1/s1. The number of halogens is 1. The number of amides is 13. The van der Waals surface area contributed by atoms with Crippen molar-refractivity contribution in [1.29, 1.82) is 5.41 Å². The predicted octanol–water partition coefficient (Wildman–Crippen LogP) is 0.924. The summed E-state index contributed by atoms with van der Waals surface area (Å²) < 4.78 is 5.56. The van der Waals surface area contributed by atoms with Crippen molar-refractivity contribution < 1.29 is 72.2 Å². The van der Waals surface area contributed by atoms with Crippen molar-refractivity contribution in [2.75, 3.05) is 46.0 Å². The maximum absolute atomic E-state index is 15.6. The topological polar surface area (TPSA) is 481 Å². The van der Waals surface area contributed by atoms with Crippen LogP contribution in [0.4, 0.5) is 0 Å². The van der Waals surface area contributed by atoms with Gasteiger partial charge in [-0.15, -0.1) is 5.12 Å². The number of aliphatic hydroxyl groups is 1. The zero-order valence-electron chi connectivity index (χ0n) is 67.2. The van der Waals surface area contributed by atoms with Gasteiger partial charge in [0.25, 0.3) is 0 Å². The molecule has 0 radical (unpaired) electrons. The number of nitrogens with two attached hydrogens (primary N) is 2. The lowest BCUT2D eigenvalue weighted by molar-refractivity contribution is -0.142. The highest BCUT2D eigenvalue weighted by Crippen LogP contribution is 2.24. The number of guanidine groups is 1. The minimum Gasteiger partial charge on any atom is -0.394 e. The Morgan fingerprint density at radius 1 is 0.508 bits per heavy atom. The number of primary amides is 1. The highest BCUT2D eigenvalue weighted by atomic mass is 35.5. The van der Waals surface area contributed by atoms with Crippen molar-refractivity contribution in [2.24, 2.45) is 17.4 Å². The molecule has 0 saturated carbocycles. The molecular weight excluding hydrogens is 1540 g/mol. The van der Waals surface area contributed by atoms with E-state index in [0.29, 0.717) is 72.1 Å². The number of hydrogen-bond acceptors (Lipinski definition) is 18. The maximum atomic E-state index is 15.6. The number of fused-ring (bicyclic) bond motifs is 1. The molecule has 0 aliphatic carbocycles. The highest BCUT2D eigenvalue weighted by Gasteiger charge is 2.41. The van der Waals surface area contributed by atoms with E-state index >= 15 is 24.0 Å². The Morgan fingerprint density at radius 3 is 1.47 bits per heavy atom. The number of nitrogens with zero attached hydrogens (tertiary/aromatic N) is 3. The Hall–Kier alpha value is -11.9. The molecule has 6 aromatic rings. The number of carbonyl (C=O) groups excluding carboxylic acids is 13. The SMILES string of the molecule is CC(=O)N[C@H](Cc1cccc2ccccc12)C(=O)N[C@H](Cc1ccc(Cl)cc1)C(=O)N[C@H](Cc1ccccc1)C(=O)N[C@@H](CO)C(=O)N[C@@H](Cc1ccc(CN2CCOCC2)cc1)C(=O)N[C@H](Cc1ccc(CN(NC(C)=O)NC(C)=O)cc1)C(=O)N[C@@H](CC(C)C)C(=O)N[C@@H](CCCNC(=N)N)C(=O)N1CCC[C@H]1C(=O)N[C@H](C)C(N)=O. The molecule has 13 amide bonds. The van der Waals surface area contributed by atoms with E-state index in [0.717, 1.165) is 21.9 Å². The van der Waals surface area contributed by atoms with Gasteiger partial charge in [0.15, 0.2) is 5.96 Å². The number of aliphatic hydroxyl groups excluding tert-OH is 1. The molecule has 10 atom stereocenters. The molecule has 0 aromatic heterocycles. The van der Waals surface area contributed by atoms with Gasteiger partial charge < -0.3 is 79.4 Å². The number of carbonyl (C=O) groups is 13. The van der Waals surface area contributed by atoms with Gasteiger partial charge in [-0.3, -0.25) is 83.5 Å². The molecule has 0 bridgehead atoms. The van der Waals surface area contributed by atoms with Crippen LogP contribution in [0.3, 0.4) is 0 Å². The van der Waals surface area contributed by atoms with Crippen molar-refractivity contribution in [3.05, 3.63) is 190 Å². The number of nitrogens with one attached hydrogen (secondary N) is 13. The van der Waals surface area contributed by atoms with Crippen LogP contribution < -0.4 is 75.5 Å². The maximum Gasteiger partial charge on any atom is 0.245 e. The Balaban J connectivity index is 1.11. The number of morpholine rings is 1. The molecule has 18 N–H and O–H groups in total. The van der Waals surface area contributed by atoms with Gasteiger partial charge in [-0.25, -0.2) is 0 Å². The third-order valence-corrected chi connectivity index (χ3v) is 20.2. The first-order valence-electron chi connectivity index (χ1n) is 39.4. The Morgan fingerprint density at radius 2 is 0.958 bits per heavy atom. The molecule has 6 aromatic carbocycles. The average molecular weight is 1650 g/mol. The largest absolute Gasteiger partial charge is 0.394 e. The molecule has 2 fully saturated rings. The van der Waals surface area contributed by atoms with Crippen LogP contribution in [0.25, 0.3) is 10.8 Å². The normalized spacial score (nSPS) is 15.7. The number of benzene rings is 6. The fraction of sp³-hybridized carbons (Fsp3) is 0.429. The van der Waals surface area contributed by atoms with Crippen LogP contribution in [0.15, 0.2) is 146 Å². The van der Waals surface area contributed by atoms with Gasteiger partial charge in [-0.2, -0.15) is 0 Å². The third kappa shape index (κ3) is 29.4. The van der Waals surface area contributed by atoms with Crippen molar-refractivity contribution in [3.8, 4) is 0 Å². The Kier molecular flexibility index (Phi) is 35.4. The van der Waals surface area contributed by atoms with E-state index in [1.807, 2.05) is 54.6 Å². The zero-order valence-corrected chi connectivity index (χ0v) is 67.9. The number of likely N-dealkylation sites (tertiary alicyclic amines) is 1. The first kappa shape index (κ1) is 91.6. The van der Waals surface area contributed by atoms with Crippen molar-refractivity contribution in [2.45, 2.75) is 179 Å². The molecule has 34 heteroatoms. The van der Waals surface area contributed by atoms with E-state index in [2.05, 4.69) is 68.9 Å². The van der Waals surface area contributed by atoms with Crippen LogP contribution in [-0.4, -0.2) is 209 Å². The van der Waals surface area contributed by atoms with E-state index < -0.39 is 144 Å². The van der Waals surface area contributed by atoms with E-state index in [1.165, 1.54) is 37.7 Å². The van der Waals surface area contributed by atoms with Crippen molar-refractivity contribution in [3.63, 3.8) is 0 Å². The van der Waals surface area contributed by atoms with Crippen LogP contribution in [0, 0.1) is 11.3 Å². The van der Waals surface area contributed by atoms with Gasteiger partial charge >= 0.3 is 0 Å². The summed E-state index contributed by atoms with van der Waals surface area (Å²) in [5.74, 6) is -10.6. The molecule has 2 aliphatic rings. The molecule has 2 aliphatic heterocycles. The molecule has 0 spiro atoms. The molecule has 2 saturated heterocycles. The summed E-state index contributed by atoms with van der Waals surface area (Å²) in [4.78, 5) is 187. The third-order valence-electron chi connectivity index (χ3n) is 19.9.